The van der Waals surface area contributed by atoms with E-state index >= 15 is 0 Å². The number of hydrogen-bond acceptors (Lipinski definition) is 16. The second-order valence-electron chi connectivity index (χ2n) is 13.1. The van der Waals surface area contributed by atoms with Crippen LogP contribution in [0.15, 0.2) is 119 Å². The van der Waals surface area contributed by atoms with Crippen molar-refractivity contribution >= 4 is 46.6 Å². The molecule has 0 atom stereocenters. The minimum atomic E-state index is -0.772. The third-order valence-electron chi connectivity index (χ3n) is 9.12. The lowest BCUT2D eigenvalue weighted by atomic mass is 10.0. The molecule has 0 N–H and O–H groups in total. The molecule has 0 fully saturated rings. The van der Waals surface area contributed by atoms with Crippen LogP contribution in [0, 0.1) is 40.5 Å². The van der Waals surface area contributed by atoms with Crippen molar-refractivity contribution in [3.05, 3.63) is 172 Å². The lowest BCUT2D eigenvalue weighted by molar-refractivity contribution is -0.394. The molecule has 0 unspecified atom stereocenters. The molecule has 0 aromatic heterocycles. The fourth-order valence-electron chi connectivity index (χ4n) is 6.05. The molecule has 0 aliphatic rings. The molecular weight excluding hydrogens is 825 g/mol. The van der Waals surface area contributed by atoms with Crippen molar-refractivity contribution < 1.29 is 48.1 Å². The van der Waals surface area contributed by atoms with Gasteiger partial charge in [0, 0.05) is 24.6 Å². The molecule has 6 rings (SSSR count). The Morgan fingerprint density at radius 1 is 0.429 bits per heavy atom. The van der Waals surface area contributed by atoms with E-state index in [4.69, 9.17) is 28.4 Å². The molecule has 0 bridgehead atoms. The number of nitro benzene ring substituents is 4. The van der Waals surface area contributed by atoms with Crippen molar-refractivity contribution in [1.29, 1.82) is 0 Å². The predicted molar refractivity (Wildman–Crippen MR) is 229 cm³/mol. The van der Waals surface area contributed by atoms with E-state index in [2.05, 4.69) is 9.98 Å². The number of aliphatic imine (C=N–C) groups is 2. The van der Waals surface area contributed by atoms with Crippen LogP contribution < -0.4 is 28.4 Å². The quantitative estimate of drug-likeness (QED) is 0.0443. The fourth-order valence-corrected chi connectivity index (χ4v) is 6.05. The molecule has 0 heterocycles. The summed E-state index contributed by atoms with van der Waals surface area (Å²) in [4.78, 5) is 51.8. The van der Waals surface area contributed by atoms with Crippen LogP contribution in [0.2, 0.25) is 0 Å². The monoisotopic (exact) mass is 858 g/mol. The molecule has 63 heavy (non-hydrogen) atoms. The number of rotatable bonds is 18. The van der Waals surface area contributed by atoms with Crippen molar-refractivity contribution in [3.63, 3.8) is 0 Å². The second-order valence-corrected chi connectivity index (χ2v) is 13.1. The summed E-state index contributed by atoms with van der Waals surface area (Å²) in [5.41, 5.74) is 1.94. The molecule has 0 aliphatic carbocycles. The Balaban J connectivity index is 1.19. The molecular formula is C43H34N6O14. The number of nitrogens with zero attached hydrogens (tertiary/aromatic N) is 6. The molecule has 0 spiro atoms. The van der Waals surface area contributed by atoms with Gasteiger partial charge < -0.3 is 28.4 Å². The van der Waals surface area contributed by atoms with Crippen LogP contribution in [-0.2, 0) is 6.42 Å². The average molecular weight is 859 g/mol. The Hall–Kier alpha value is -8.94. The standard InChI is InChI=1S/C43H34N6O14/c1-58-36-11-5-26(18-32(36)44-24-28-7-13-40(42(20-28)60-3)62-38-15-9-30(46(50)51)22-34(38)48(54)55)17-27-6-12-37(59-2)33(19-27)45-25-29-8-14-41(43(21-29)61-4)63-39-16-10-31(47(52)53)23-35(39)49(56)57/h5-16,18-25H,17H2,1-4H3. The van der Waals surface area contributed by atoms with Gasteiger partial charge in [0.2, 0.25) is 11.5 Å². The zero-order valence-electron chi connectivity index (χ0n) is 33.7. The molecule has 0 amide bonds. The molecule has 20 nitrogen and oxygen atoms in total. The molecule has 0 saturated carbocycles. The molecule has 0 saturated heterocycles. The van der Waals surface area contributed by atoms with Gasteiger partial charge in [-0.3, -0.25) is 50.4 Å². The zero-order chi connectivity index (χ0) is 45.2. The van der Waals surface area contributed by atoms with Gasteiger partial charge in [-0.15, -0.1) is 0 Å². The molecule has 6 aromatic rings. The summed E-state index contributed by atoms with van der Waals surface area (Å²) in [6.45, 7) is 0. The topological polar surface area (TPSA) is 253 Å². The van der Waals surface area contributed by atoms with E-state index < -0.39 is 42.4 Å². The first kappa shape index (κ1) is 43.6. The van der Waals surface area contributed by atoms with Gasteiger partial charge >= 0.3 is 11.4 Å². The van der Waals surface area contributed by atoms with E-state index in [0.29, 0.717) is 40.4 Å². The lowest BCUT2D eigenvalue weighted by Gasteiger charge is -2.12. The summed E-state index contributed by atoms with van der Waals surface area (Å²) in [7, 11) is 5.84. The zero-order valence-corrected chi connectivity index (χ0v) is 33.7. The van der Waals surface area contributed by atoms with E-state index in [-0.39, 0.29) is 34.5 Å². The highest BCUT2D eigenvalue weighted by Crippen LogP contribution is 2.40. The Bertz CT molecular complexity index is 2620. The summed E-state index contributed by atoms with van der Waals surface area (Å²) in [5, 5.41) is 45.5. The van der Waals surface area contributed by atoms with Crippen LogP contribution in [0.1, 0.15) is 22.3 Å². The van der Waals surface area contributed by atoms with Gasteiger partial charge in [0.15, 0.2) is 23.0 Å². The van der Waals surface area contributed by atoms with E-state index in [0.717, 1.165) is 47.5 Å². The number of methoxy groups -OCH3 is 4. The van der Waals surface area contributed by atoms with Gasteiger partial charge in [0.1, 0.15) is 22.9 Å². The van der Waals surface area contributed by atoms with Crippen molar-refractivity contribution in [3.8, 4) is 46.0 Å². The lowest BCUT2D eigenvalue weighted by Crippen LogP contribution is -1.97. The normalized spacial score (nSPS) is 11.0. The van der Waals surface area contributed by atoms with Crippen molar-refractivity contribution in [1.82, 2.24) is 0 Å². The van der Waals surface area contributed by atoms with Gasteiger partial charge in [-0.2, -0.15) is 0 Å². The van der Waals surface area contributed by atoms with Gasteiger partial charge in [-0.25, -0.2) is 0 Å². The Labute approximate surface area is 356 Å². The third-order valence-corrected chi connectivity index (χ3v) is 9.12. The molecule has 0 radical (unpaired) electrons. The molecule has 320 valence electrons. The minimum absolute atomic E-state index is 0.133. The molecule has 20 heteroatoms. The molecule has 0 aliphatic heterocycles. The van der Waals surface area contributed by atoms with Crippen LogP contribution >= 0.6 is 0 Å². The van der Waals surface area contributed by atoms with Gasteiger partial charge in [0.25, 0.3) is 11.4 Å². The van der Waals surface area contributed by atoms with E-state index in [1.165, 1.54) is 40.6 Å². The summed E-state index contributed by atoms with van der Waals surface area (Å²) in [6.07, 6.45) is 3.63. The highest BCUT2D eigenvalue weighted by Gasteiger charge is 2.24. The number of hydrogen-bond donors (Lipinski definition) is 0. The van der Waals surface area contributed by atoms with Gasteiger partial charge in [-0.1, -0.05) is 12.1 Å². The van der Waals surface area contributed by atoms with E-state index in [1.54, 1.807) is 48.8 Å². The summed E-state index contributed by atoms with van der Waals surface area (Å²) < 4.78 is 33.6. The SMILES string of the molecule is COc1ccc(Cc2ccc(OC)c(N=Cc3ccc(Oc4ccc([N+](=O)[O-])cc4[N+](=O)[O-])c(OC)c3)c2)cc1N=Cc1ccc(Oc2ccc([N+](=O)[O-])cc2[N+](=O)[O-])c(OC)c1. The maximum Gasteiger partial charge on any atom is 0.318 e. The van der Waals surface area contributed by atoms with Crippen LogP contribution in [-0.4, -0.2) is 60.6 Å². The first-order valence-electron chi connectivity index (χ1n) is 18.3. The fraction of sp³-hybridized carbons (Fsp3) is 0.116. The van der Waals surface area contributed by atoms with Crippen molar-refractivity contribution in [2.75, 3.05) is 28.4 Å². The van der Waals surface area contributed by atoms with Crippen LogP contribution in [0.4, 0.5) is 34.1 Å². The van der Waals surface area contributed by atoms with Gasteiger partial charge in [0.05, 0.1) is 60.3 Å². The summed E-state index contributed by atoms with van der Waals surface area (Å²) in [5.74, 6) is 1.31. The van der Waals surface area contributed by atoms with E-state index in [1.807, 2.05) is 24.3 Å². The van der Waals surface area contributed by atoms with Crippen LogP contribution in [0.3, 0.4) is 0 Å². The van der Waals surface area contributed by atoms with Crippen molar-refractivity contribution in [2.45, 2.75) is 6.42 Å². The van der Waals surface area contributed by atoms with E-state index in [9.17, 15) is 40.5 Å². The maximum atomic E-state index is 11.6. The van der Waals surface area contributed by atoms with Crippen LogP contribution in [0.5, 0.6) is 46.0 Å². The number of non-ortho nitro benzene ring substituents is 2. The highest BCUT2D eigenvalue weighted by molar-refractivity contribution is 5.85. The number of nitro groups is 4. The average Bonchev–Trinajstić information content (AvgIpc) is 3.28. The maximum absolute atomic E-state index is 11.6. The first-order chi connectivity index (χ1) is 30.3. The van der Waals surface area contributed by atoms with Crippen molar-refractivity contribution in [2.24, 2.45) is 9.98 Å². The Morgan fingerprint density at radius 3 is 1.14 bits per heavy atom. The predicted octanol–water partition coefficient (Wildman–Crippen LogP) is 10.0. The highest BCUT2D eigenvalue weighted by atomic mass is 16.6. The van der Waals surface area contributed by atoms with Gasteiger partial charge in [-0.05, 0) is 101 Å². The van der Waals surface area contributed by atoms with Crippen LogP contribution in [0.25, 0.3) is 0 Å². The largest absolute Gasteiger partial charge is 0.494 e. The Kier molecular flexibility index (Phi) is 13.4. The number of ether oxygens (including phenoxy) is 6. The third kappa shape index (κ3) is 10.4. The summed E-state index contributed by atoms with van der Waals surface area (Å²) >= 11 is 0. The smallest absolute Gasteiger partial charge is 0.318 e. The second kappa shape index (κ2) is 19.4. The number of benzene rings is 6. The first-order valence-corrected chi connectivity index (χ1v) is 18.3. The minimum Gasteiger partial charge on any atom is -0.494 e. The molecule has 6 aromatic carbocycles. The summed E-state index contributed by atoms with van der Waals surface area (Å²) in [6, 6.07) is 26.9. The Morgan fingerprint density at radius 2 is 0.794 bits per heavy atom.